The van der Waals surface area contributed by atoms with Crippen LogP contribution in [0, 0.1) is 0 Å². The van der Waals surface area contributed by atoms with E-state index in [-0.39, 0.29) is 0 Å². The topological polar surface area (TPSA) is 72.5 Å². The van der Waals surface area contributed by atoms with Crippen molar-refractivity contribution in [1.82, 2.24) is 15.2 Å². The third kappa shape index (κ3) is 5.41. The molecule has 4 aromatic rings. The molecule has 1 aliphatic rings. The van der Waals surface area contributed by atoms with Crippen LogP contribution in [0.15, 0.2) is 65.4 Å². The number of halogens is 1. The first kappa shape index (κ1) is 22.8. The van der Waals surface area contributed by atoms with E-state index < -0.39 is 0 Å². The number of ether oxygens (including phenoxy) is 3. The molecule has 1 fully saturated rings. The fraction of sp³-hybridized carbons (Fsp3) is 0.308. The highest BCUT2D eigenvalue weighted by Gasteiger charge is 2.18. The number of nitrogens with one attached hydrogen (secondary N) is 1. The number of fused-ring (bicyclic) bond motifs is 1. The van der Waals surface area contributed by atoms with Crippen molar-refractivity contribution in [2.45, 2.75) is 13.0 Å². The standard InChI is InChI=1S/C26H27BrN4O3/c27-25-16-21-22(17-28-25)29-30-26(21)20-7-8-23(31-9-13-32-14-10-31)24(15-20)34-12-4-11-33-18-19-5-2-1-3-6-19/h1-3,5-8,15-17H,4,9-14,18H2,(H,29,30). The van der Waals surface area contributed by atoms with E-state index in [2.05, 4.69) is 66.3 Å². The highest BCUT2D eigenvalue weighted by molar-refractivity contribution is 9.10. The SMILES string of the molecule is Brc1cc2c(-c3ccc(N4CCOCC4)c(OCCCOCc4ccccc4)c3)n[nH]c2cn1. The molecule has 5 rings (SSSR count). The van der Waals surface area contributed by atoms with E-state index in [0.29, 0.717) is 19.8 Å². The molecule has 1 saturated heterocycles. The number of aromatic amines is 1. The number of pyridine rings is 1. The Morgan fingerprint density at radius 2 is 1.88 bits per heavy atom. The van der Waals surface area contributed by atoms with Gasteiger partial charge in [0.2, 0.25) is 0 Å². The van der Waals surface area contributed by atoms with Gasteiger partial charge in [-0.05, 0) is 39.7 Å². The van der Waals surface area contributed by atoms with Crippen molar-refractivity contribution in [2.24, 2.45) is 0 Å². The van der Waals surface area contributed by atoms with E-state index in [0.717, 1.165) is 70.9 Å². The van der Waals surface area contributed by atoms with Gasteiger partial charge in [-0.1, -0.05) is 36.4 Å². The van der Waals surface area contributed by atoms with E-state index >= 15 is 0 Å². The van der Waals surface area contributed by atoms with Gasteiger partial charge in [0.05, 0.1) is 50.4 Å². The summed E-state index contributed by atoms with van der Waals surface area (Å²) in [5, 5.41) is 8.63. The zero-order valence-electron chi connectivity index (χ0n) is 18.9. The van der Waals surface area contributed by atoms with Crippen molar-refractivity contribution in [3.8, 4) is 17.0 Å². The number of benzene rings is 2. The van der Waals surface area contributed by atoms with Crippen molar-refractivity contribution in [3.05, 3.63) is 71.0 Å². The summed E-state index contributed by atoms with van der Waals surface area (Å²) in [6.45, 7) is 4.98. The molecular weight excluding hydrogens is 496 g/mol. The molecule has 2 aromatic carbocycles. The van der Waals surface area contributed by atoms with Crippen LogP contribution in [0.25, 0.3) is 22.2 Å². The molecule has 1 aliphatic heterocycles. The van der Waals surface area contributed by atoms with Crippen molar-refractivity contribution < 1.29 is 14.2 Å². The van der Waals surface area contributed by atoms with Crippen LogP contribution in [0.2, 0.25) is 0 Å². The molecule has 0 spiro atoms. The third-order valence-electron chi connectivity index (χ3n) is 5.80. The first-order valence-electron chi connectivity index (χ1n) is 11.5. The Balaban J connectivity index is 1.30. The maximum Gasteiger partial charge on any atom is 0.143 e. The second-order valence-electron chi connectivity index (χ2n) is 8.15. The van der Waals surface area contributed by atoms with Crippen LogP contribution < -0.4 is 9.64 Å². The number of aromatic nitrogens is 3. The highest BCUT2D eigenvalue weighted by atomic mass is 79.9. The second kappa shape index (κ2) is 11.0. The minimum atomic E-state index is 0.576. The summed E-state index contributed by atoms with van der Waals surface area (Å²) in [5.41, 5.74) is 5.03. The zero-order valence-corrected chi connectivity index (χ0v) is 20.5. The van der Waals surface area contributed by atoms with Gasteiger partial charge >= 0.3 is 0 Å². The van der Waals surface area contributed by atoms with Crippen LogP contribution in [-0.2, 0) is 16.1 Å². The fourth-order valence-corrected chi connectivity index (χ4v) is 4.39. The van der Waals surface area contributed by atoms with Gasteiger partial charge in [-0.2, -0.15) is 5.10 Å². The average molecular weight is 523 g/mol. The second-order valence-corrected chi connectivity index (χ2v) is 8.96. The third-order valence-corrected chi connectivity index (χ3v) is 6.23. The zero-order chi connectivity index (χ0) is 23.2. The number of rotatable bonds is 9. The lowest BCUT2D eigenvalue weighted by Crippen LogP contribution is -2.36. The molecule has 34 heavy (non-hydrogen) atoms. The van der Waals surface area contributed by atoms with Crippen molar-refractivity contribution in [1.29, 1.82) is 0 Å². The monoisotopic (exact) mass is 522 g/mol. The van der Waals surface area contributed by atoms with E-state index in [1.807, 2.05) is 24.3 Å². The molecule has 8 heteroatoms. The van der Waals surface area contributed by atoms with Gasteiger partial charge in [0.15, 0.2) is 0 Å². The summed E-state index contributed by atoms with van der Waals surface area (Å²) in [7, 11) is 0. The number of H-pyrrole nitrogens is 1. The maximum atomic E-state index is 6.30. The van der Waals surface area contributed by atoms with Crippen LogP contribution in [0.4, 0.5) is 5.69 Å². The number of hydrogen-bond acceptors (Lipinski definition) is 6. The van der Waals surface area contributed by atoms with Crippen LogP contribution in [0.5, 0.6) is 5.75 Å². The molecule has 0 atom stereocenters. The van der Waals surface area contributed by atoms with Gasteiger partial charge in [0, 0.05) is 30.5 Å². The van der Waals surface area contributed by atoms with E-state index in [1.165, 1.54) is 5.56 Å². The number of hydrogen-bond donors (Lipinski definition) is 1. The summed E-state index contributed by atoms with van der Waals surface area (Å²) in [4.78, 5) is 6.60. The predicted octanol–water partition coefficient (Wildman–Crippen LogP) is 5.21. The Kier molecular flexibility index (Phi) is 7.38. The molecule has 3 heterocycles. The van der Waals surface area contributed by atoms with Gasteiger partial charge in [-0.3, -0.25) is 5.10 Å². The Labute approximate surface area is 207 Å². The van der Waals surface area contributed by atoms with E-state index in [9.17, 15) is 0 Å². The maximum absolute atomic E-state index is 6.30. The lowest BCUT2D eigenvalue weighted by Gasteiger charge is -2.30. The van der Waals surface area contributed by atoms with E-state index in [4.69, 9.17) is 14.2 Å². The number of nitrogens with zero attached hydrogens (tertiary/aromatic N) is 3. The molecule has 1 N–H and O–H groups in total. The number of anilines is 1. The van der Waals surface area contributed by atoms with Crippen LogP contribution in [0.3, 0.4) is 0 Å². The van der Waals surface area contributed by atoms with Gasteiger partial charge < -0.3 is 19.1 Å². The largest absolute Gasteiger partial charge is 0.491 e. The predicted molar refractivity (Wildman–Crippen MR) is 136 cm³/mol. The summed E-state index contributed by atoms with van der Waals surface area (Å²) >= 11 is 3.46. The summed E-state index contributed by atoms with van der Waals surface area (Å²) in [6.07, 6.45) is 2.59. The van der Waals surface area contributed by atoms with Crippen LogP contribution in [0.1, 0.15) is 12.0 Å². The molecule has 2 aromatic heterocycles. The quantitative estimate of drug-likeness (QED) is 0.240. The smallest absolute Gasteiger partial charge is 0.143 e. The fourth-order valence-electron chi connectivity index (χ4n) is 4.06. The van der Waals surface area contributed by atoms with Crippen molar-refractivity contribution >= 4 is 32.5 Å². The molecule has 176 valence electrons. The van der Waals surface area contributed by atoms with Crippen molar-refractivity contribution in [3.63, 3.8) is 0 Å². The molecule has 0 saturated carbocycles. The van der Waals surface area contributed by atoms with Crippen LogP contribution in [-0.4, -0.2) is 54.7 Å². The Bertz CT molecular complexity index is 1230. The van der Waals surface area contributed by atoms with Gasteiger partial charge in [-0.25, -0.2) is 4.98 Å². The highest BCUT2D eigenvalue weighted by Crippen LogP contribution is 2.36. The van der Waals surface area contributed by atoms with Crippen LogP contribution >= 0.6 is 15.9 Å². The lowest BCUT2D eigenvalue weighted by atomic mass is 10.1. The first-order chi connectivity index (χ1) is 16.8. The Morgan fingerprint density at radius 1 is 1.03 bits per heavy atom. The van der Waals surface area contributed by atoms with Crippen molar-refractivity contribution in [2.75, 3.05) is 44.4 Å². The summed E-state index contributed by atoms with van der Waals surface area (Å²) in [6, 6.07) is 18.5. The molecule has 0 aliphatic carbocycles. The first-order valence-corrected chi connectivity index (χ1v) is 12.3. The van der Waals surface area contributed by atoms with Gasteiger partial charge in [-0.15, -0.1) is 0 Å². The number of morpholine rings is 1. The Hall–Kier alpha value is -2.94. The normalized spacial score (nSPS) is 14.0. The minimum Gasteiger partial charge on any atom is -0.491 e. The molecule has 0 radical (unpaired) electrons. The minimum absolute atomic E-state index is 0.576. The Morgan fingerprint density at radius 3 is 2.74 bits per heavy atom. The summed E-state index contributed by atoms with van der Waals surface area (Å²) < 4.78 is 18.4. The molecular formula is C26H27BrN4O3. The van der Waals surface area contributed by atoms with E-state index in [1.54, 1.807) is 6.20 Å². The molecule has 0 amide bonds. The summed E-state index contributed by atoms with van der Waals surface area (Å²) in [5.74, 6) is 0.853. The van der Waals surface area contributed by atoms with Gasteiger partial charge in [0.1, 0.15) is 16.0 Å². The van der Waals surface area contributed by atoms with Gasteiger partial charge in [0.25, 0.3) is 0 Å². The molecule has 0 bridgehead atoms. The molecule has 0 unspecified atom stereocenters. The lowest BCUT2D eigenvalue weighted by molar-refractivity contribution is 0.107. The molecule has 7 nitrogen and oxygen atoms in total. The average Bonchev–Trinajstić information content (AvgIpc) is 3.30.